The van der Waals surface area contributed by atoms with Crippen molar-refractivity contribution in [2.24, 2.45) is 0 Å². The zero-order valence-corrected chi connectivity index (χ0v) is 14.0. The number of hydrogen-bond donors (Lipinski definition) is 0. The second-order valence-electron chi connectivity index (χ2n) is 1.53. The summed E-state index contributed by atoms with van der Waals surface area (Å²) in [4.78, 5) is 10.9. The molecule has 0 saturated carbocycles. The molecule has 0 aromatic carbocycles. The molecule has 0 heterocycles. The number of carbonyl (C=O) groups excluding carboxylic acids is 1. The Kier molecular flexibility index (Phi) is 27.0. The van der Waals surface area contributed by atoms with Crippen molar-refractivity contribution < 1.29 is 19.5 Å². The van der Waals surface area contributed by atoms with Crippen molar-refractivity contribution in [1.29, 1.82) is 0 Å². The van der Waals surface area contributed by atoms with Gasteiger partial charge in [0.1, 0.15) is 0 Å². The van der Waals surface area contributed by atoms with Crippen molar-refractivity contribution >= 4 is 75.9 Å². The van der Waals surface area contributed by atoms with Crippen LogP contribution in [0, 0.1) is 0 Å². The SMILES string of the molecule is CN(C)C=O.[Cl][Al]([Cl])[Cl].[Cl][Ti]([Cl])[Cl]. The summed E-state index contributed by atoms with van der Waals surface area (Å²) in [6.07, 6.45) is 0.750. The van der Waals surface area contributed by atoms with Crippen LogP contribution in [-0.2, 0) is 19.5 Å². The van der Waals surface area contributed by atoms with Crippen molar-refractivity contribution in [2.45, 2.75) is 0 Å². The number of rotatable bonds is 1. The average molecular weight is 361 g/mol. The van der Waals surface area contributed by atoms with Gasteiger partial charge in [-0.2, -0.15) is 0 Å². The molecule has 0 radical (unpaired) electrons. The topological polar surface area (TPSA) is 20.3 Å². The van der Waals surface area contributed by atoms with Crippen LogP contribution in [0.3, 0.4) is 0 Å². The van der Waals surface area contributed by atoms with Gasteiger partial charge < -0.3 is 4.90 Å². The minimum absolute atomic E-state index is 0.750. The molecule has 0 rings (SSSR count). The van der Waals surface area contributed by atoms with Gasteiger partial charge in [-0.25, -0.2) is 30.1 Å². The van der Waals surface area contributed by atoms with Crippen LogP contribution in [0.15, 0.2) is 0 Å². The van der Waals surface area contributed by atoms with E-state index in [1.54, 1.807) is 14.1 Å². The Morgan fingerprint density at radius 3 is 1.23 bits per heavy atom. The molecule has 79 valence electrons. The van der Waals surface area contributed by atoms with Crippen LogP contribution in [0.5, 0.6) is 0 Å². The summed E-state index contributed by atoms with van der Waals surface area (Å²) in [5.74, 6) is 0. The van der Waals surface area contributed by atoms with Gasteiger partial charge in [0, 0.05) is 14.1 Å². The van der Waals surface area contributed by atoms with E-state index < -0.39 is 26.1 Å². The average Bonchev–Trinajstić information content (AvgIpc) is 1.84. The molecule has 2 nitrogen and oxygen atoms in total. The fourth-order valence-corrected chi connectivity index (χ4v) is 0. The molecule has 0 aliphatic rings. The Morgan fingerprint density at radius 2 is 1.23 bits per heavy atom. The van der Waals surface area contributed by atoms with E-state index in [-0.39, 0.29) is 0 Å². The third-order valence-electron chi connectivity index (χ3n) is 0.211. The van der Waals surface area contributed by atoms with Crippen LogP contribution in [0.2, 0.25) is 0 Å². The predicted molar refractivity (Wildman–Crippen MR) is 60.6 cm³/mol. The van der Waals surface area contributed by atoms with Gasteiger partial charge in [0.25, 0.3) is 0 Å². The number of amides is 1. The van der Waals surface area contributed by atoms with Crippen LogP contribution in [-0.4, -0.2) is 36.8 Å². The molecule has 0 saturated heterocycles. The first-order valence-electron chi connectivity index (χ1n) is 2.61. The van der Waals surface area contributed by atoms with Gasteiger partial charge in [-0.05, 0) is 0 Å². The van der Waals surface area contributed by atoms with Crippen molar-refractivity contribution in [2.75, 3.05) is 14.1 Å². The predicted octanol–water partition coefficient (Wildman–Crippen LogP) is 3.46. The van der Waals surface area contributed by atoms with Gasteiger partial charge in [-0.3, -0.25) is 4.79 Å². The quantitative estimate of drug-likeness (QED) is 0.518. The molecule has 0 spiro atoms. The Bertz CT molecular complexity index is 94.4. The van der Waals surface area contributed by atoms with Crippen LogP contribution in [0.25, 0.3) is 0 Å². The number of halogens is 6. The van der Waals surface area contributed by atoms with Crippen LogP contribution in [0.4, 0.5) is 0 Å². The summed E-state index contributed by atoms with van der Waals surface area (Å²) in [7, 11) is 33.1. The zero-order chi connectivity index (χ0) is 11.4. The molecule has 0 bridgehead atoms. The second-order valence-corrected chi connectivity index (χ2v) is 15.7. The van der Waals surface area contributed by atoms with Gasteiger partial charge in [0.2, 0.25) is 6.41 Å². The van der Waals surface area contributed by atoms with Crippen LogP contribution < -0.4 is 0 Å². The minimum atomic E-state index is -1.92. The Balaban J connectivity index is -0.000000117. The van der Waals surface area contributed by atoms with E-state index >= 15 is 0 Å². The third kappa shape index (κ3) is 113. The van der Waals surface area contributed by atoms with Crippen LogP contribution >= 0.6 is 58.1 Å². The van der Waals surface area contributed by atoms with E-state index in [9.17, 15) is 4.79 Å². The first-order chi connectivity index (χ1) is 5.73. The normalized spacial score (nSPS) is 6.77. The molecule has 0 fully saturated rings. The van der Waals surface area contributed by atoms with Crippen molar-refractivity contribution in [3.8, 4) is 0 Å². The molecule has 0 aliphatic carbocycles. The van der Waals surface area contributed by atoms with Crippen molar-refractivity contribution in [1.82, 2.24) is 4.90 Å². The maximum absolute atomic E-state index is 9.43. The van der Waals surface area contributed by atoms with Crippen molar-refractivity contribution in [3.63, 3.8) is 0 Å². The molecule has 0 aliphatic heterocycles. The first-order valence-corrected chi connectivity index (χ1v) is 14.3. The molecule has 0 unspecified atom stereocenters. The zero-order valence-electron chi connectivity index (χ0n) is 6.78. The van der Waals surface area contributed by atoms with Gasteiger partial charge in [-0.1, -0.05) is 0 Å². The van der Waals surface area contributed by atoms with Gasteiger partial charge >= 0.3 is 54.0 Å². The molecule has 13 heavy (non-hydrogen) atoms. The molecular weight excluding hydrogens is 354 g/mol. The fraction of sp³-hybridized carbons (Fsp3) is 0.667. The summed E-state index contributed by atoms with van der Waals surface area (Å²) in [6.45, 7) is 0. The van der Waals surface area contributed by atoms with E-state index in [0.717, 1.165) is 6.41 Å². The third-order valence-corrected chi connectivity index (χ3v) is 0.211. The molecule has 0 atom stereocenters. The summed E-state index contributed by atoms with van der Waals surface area (Å²) < 4.78 is 0. The van der Waals surface area contributed by atoms with E-state index in [1.807, 2.05) is 0 Å². The van der Waals surface area contributed by atoms with Gasteiger partial charge in [0.05, 0.1) is 0 Å². The number of carbonyl (C=O) groups is 1. The molecule has 0 aromatic rings. The summed E-state index contributed by atoms with van der Waals surface area (Å²) in [6, 6.07) is 0. The molecule has 0 aromatic heterocycles. The van der Waals surface area contributed by atoms with E-state index in [4.69, 9.17) is 58.1 Å². The molecule has 10 heteroatoms. The number of nitrogens with zero attached hydrogens (tertiary/aromatic N) is 1. The van der Waals surface area contributed by atoms with Crippen molar-refractivity contribution in [3.05, 3.63) is 0 Å². The fourth-order valence-electron chi connectivity index (χ4n) is 0. The molecule has 0 N–H and O–H groups in total. The van der Waals surface area contributed by atoms with E-state index in [2.05, 4.69) is 0 Å². The monoisotopic (exact) mass is 358 g/mol. The summed E-state index contributed by atoms with van der Waals surface area (Å²) in [5.41, 5.74) is 0. The van der Waals surface area contributed by atoms with E-state index in [0.29, 0.717) is 0 Å². The van der Waals surface area contributed by atoms with Crippen LogP contribution in [0.1, 0.15) is 0 Å². The molecular formula is C3H7AlCl6NOTi. The standard InChI is InChI=1S/C3H7NO.Al.6ClH.Ti/c1-4(2)3-5;;;;;;;;/h3H,1-2H3;;6*1H;/q;+3;;;;;;;+3/p-6. The summed E-state index contributed by atoms with van der Waals surface area (Å²) >= 11 is -3.64. The Hall–Kier alpha value is 2.46. The second kappa shape index (κ2) is 16.9. The first kappa shape index (κ1) is 20.8. The Labute approximate surface area is 113 Å². The van der Waals surface area contributed by atoms with E-state index in [1.165, 1.54) is 4.90 Å². The maximum atomic E-state index is 9.43. The Morgan fingerprint density at radius 1 is 1.15 bits per heavy atom. The number of hydrogen-bond acceptors (Lipinski definition) is 1. The van der Waals surface area contributed by atoms with Gasteiger partial charge in [-0.15, -0.1) is 0 Å². The molecule has 1 amide bonds. The summed E-state index contributed by atoms with van der Waals surface area (Å²) in [5, 5.41) is 0. The van der Waals surface area contributed by atoms with Gasteiger partial charge in [0.15, 0.2) is 0 Å².